The van der Waals surface area contributed by atoms with E-state index in [9.17, 15) is 0 Å². The molecule has 0 saturated carbocycles. The van der Waals surface area contributed by atoms with Crippen LogP contribution in [-0.4, -0.2) is 21.6 Å². The van der Waals surface area contributed by atoms with Crippen molar-refractivity contribution in [2.45, 2.75) is 32.4 Å². The van der Waals surface area contributed by atoms with E-state index in [1.807, 2.05) is 18.3 Å². The monoisotopic (exact) mass is 249 g/mol. The van der Waals surface area contributed by atoms with Crippen LogP contribution in [0.25, 0.3) is 0 Å². The number of aryl methyl sites for hydroxylation is 1. The molecule has 2 aromatic heterocycles. The Morgan fingerprint density at radius 2 is 2.53 bits per heavy atom. The molecular formula is C12H15N3OS. The van der Waals surface area contributed by atoms with Crippen LogP contribution in [0.5, 0.6) is 0 Å². The zero-order valence-corrected chi connectivity index (χ0v) is 10.6. The van der Waals surface area contributed by atoms with Gasteiger partial charge < -0.3 is 4.52 Å². The van der Waals surface area contributed by atoms with Crippen LogP contribution in [0.3, 0.4) is 0 Å². The summed E-state index contributed by atoms with van der Waals surface area (Å²) in [5.74, 6) is 1.44. The van der Waals surface area contributed by atoms with E-state index in [4.69, 9.17) is 4.52 Å². The molecule has 0 spiro atoms. The minimum absolute atomic E-state index is 0.530. The van der Waals surface area contributed by atoms with Crippen LogP contribution in [0, 0.1) is 6.92 Å². The fourth-order valence-corrected chi connectivity index (χ4v) is 3.29. The standard InChI is InChI=1S/C12H15N3OS/c1-9-13-12(16-14-9)8-15-6-2-4-10(15)11-5-3-7-17-11/h3,5,7,10H,2,4,6,8H2,1H3/t10-/m1/s1. The highest BCUT2D eigenvalue weighted by Gasteiger charge is 2.27. The number of hydrogen-bond acceptors (Lipinski definition) is 5. The van der Waals surface area contributed by atoms with E-state index in [1.54, 1.807) is 0 Å². The Hall–Kier alpha value is -1.20. The lowest BCUT2D eigenvalue weighted by molar-refractivity contribution is 0.214. The van der Waals surface area contributed by atoms with Crippen LogP contribution in [0.15, 0.2) is 22.0 Å². The fraction of sp³-hybridized carbons (Fsp3) is 0.500. The number of thiophene rings is 1. The first-order chi connectivity index (χ1) is 8.33. The Balaban J connectivity index is 1.74. The summed E-state index contributed by atoms with van der Waals surface area (Å²) in [4.78, 5) is 8.15. The second kappa shape index (κ2) is 4.58. The average Bonchev–Trinajstić information content (AvgIpc) is 3.00. The summed E-state index contributed by atoms with van der Waals surface area (Å²) in [6.45, 7) is 3.74. The molecule has 90 valence electrons. The third-order valence-corrected chi connectivity index (χ3v) is 4.12. The second-order valence-corrected chi connectivity index (χ2v) is 5.36. The van der Waals surface area contributed by atoms with Crippen LogP contribution in [0.2, 0.25) is 0 Å². The molecule has 0 unspecified atom stereocenters. The van der Waals surface area contributed by atoms with Gasteiger partial charge in [-0.15, -0.1) is 11.3 Å². The second-order valence-electron chi connectivity index (χ2n) is 4.38. The van der Waals surface area contributed by atoms with Gasteiger partial charge in [0.1, 0.15) is 0 Å². The van der Waals surface area contributed by atoms with Gasteiger partial charge in [0.15, 0.2) is 5.82 Å². The average molecular weight is 249 g/mol. The van der Waals surface area contributed by atoms with Crippen molar-refractivity contribution in [3.05, 3.63) is 34.1 Å². The summed E-state index contributed by atoms with van der Waals surface area (Å²) in [5, 5.41) is 5.98. The molecular weight excluding hydrogens is 234 g/mol. The SMILES string of the molecule is Cc1noc(CN2CCC[C@@H]2c2cccs2)n1. The highest BCUT2D eigenvalue weighted by Crippen LogP contribution is 2.35. The molecule has 5 heteroatoms. The molecule has 0 N–H and O–H groups in total. The molecule has 1 aliphatic heterocycles. The Morgan fingerprint density at radius 1 is 1.59 bits per heavy atom. The molecule has 0 aliphatic carbocycles. The van der Waals surface area contributed by atoms with Gasteiger partial charge in [0.25, 0.3) is 0 Å². The smallest absolute Gasteiger partial charge is 0.240 e. The minimum atomic E-state index is 0.530. The van der Waals surface area contributed by atoms with Gasteiger partial charge in [0.2, 0.25) is 5.89 Å². The summed E-state index contributed by atoms with van der Waals surface area (Å²) in [6.07, 6.45) is 2.48. The van der Waals surface area contributed by atoms with Crippen molar-refractivity contribution < 1.29 is 4.52 Å². The van der Waals surface area contributed by atoms with E-state index in [0.717, 1.165) is 19.0 Å². The van der Waals surface area contributed by atoms with Gasteiger partial charge >= 0.3 is 0 Å². The van der Waals surface area contributed by atoms with Crippen molar-refractivity contribution in [2.24, 2.45) is 0 Å². The molecule has 3 heterocycles. The quantitative estimate of drug-likeness (QED) is 0.839. The highest BCUT2D eigenvalue weighted by molar-refractivity contribution is 7.10. The molecule has 3 rings (SSSR count). The topological polar surface area (TPSA) is 42.2 Å². The van der Waals surface area contributed by atoms with Crippen LogP contribution in [0.4, 0.5) is 0 Å². The predicted octanol–water partition coefficient (Wildman–Crippen LogP) is 2.78. The zero-order chi connectivity index (χ0) is 11.7. The predicted molar refractivity (Wildman–Crippen MR) is 65.7 cm³/mol. The first-order valence-electron chi connectivity index (χ1n) is 5.89. The lowest BCUT2D eigenvalue weighted by Gasteiger charge is -2.21. The van der Waals surface area contributed by atoms with Crippen LogP contribution in [0.1, 0.15) is 35.5 Å². The van der Waals surface area contributed by atoms with E-state index < -0.39 is 0 Å². The summed E-state index contributed by atoms with van der Waals surface area (Å²) in [7, 11) is 0. The Bertz CT molecular complexity index is 480. The maximum absolute atomic E-state index is 5.19. The van der Waals surface area contributed by atoms with Crippen LogP contribution >= 0.6 is 11.3 Å². The molecule has 0 aromatic carbocycles. The molecule has 1 atom stereocenters. The number of likely N-dealkylation sites (tertiary alicyclic amines) is 1. The Morgan fingerprint density at radius 3 is 3.24 bits per heavy atom. The number of aromatic nitrogens is 2. The van der Waals surface area contributed by atoms with Gasteiger partial charge in [-0.1, -0.05) is 11.2 Å². The normalized spacial score (nSPS) is 21.1. The van der Waals surface area contributed by atoms with E-state index in [-0.39, 0.29) is 0 Å². The summed E-state index contributed by atoms with van der Waals surface area (Å²) < 4.78 is 5.19. The maximum atomic E-state index is 5.19. The number of hydrogen-bond donors (Lipinski definition) is 0. The van der Waals surface area contributed by atoms with E-state index in [0.29, 0.717) is 11.9 Å². The maximum Gasteiger partial charge on any atom is 0.240 e. The minimum Gasteiger partial charge on any atom is -0.338 e. The van der Waals surface area contributed by atoms with Crippen molar-refractivity contribution in [2.75, 3.05) is 6.54 Å². The third-order valence-electron chi connectivity index (χ3n) is 3.14. The number of nitrogens with zero attached hydrogens (tertiary/aromatic N) is 3. The van der Waals surface area contributed by atoms with E-state index in [2.05, 4.69) is 32.6 Å². The van der Waals surface area contributed by atoms with Crippen molar-refractivity contribution in [3.63, 3.8) is 0 Å². The van der Waals surface area contributed by atoms with Crippen molar-refractivity contribution in [1.29, 1.82) is 0 Å². The van der Waals surface area contributed by atoms with E-state index >= 15 is 0 Å². The summed E-state index contributed by atoms with van der Waals surface area (Å²) in [6, 6.07) is 4.86. The number of rotatable bonds is 3. The molecule has 2 aromatic rings. The van der Waals surface area contributed by atoms with Crippen molar-refractivity contribution >= 4 is 11.3 Å². The molecule has 17 heavy (non-hydrogen) atoms. The van der Waals surface area contributed by atoms with Crippen molar-refractivity contribution in [1.82, 2.24) is 15.0 Å². The first-order valence-corrected chi connectivity index (χ1v) is 6.77. The molecule has 0 radical (unpaired) electrons. The highest BCUT2D eigenvalue weighted by atomic mass is 32.1. The summed E-state index contributed by atoms with van der Waals surface area (Å²) in [5.41, 5.74) is 0. The summed E-state index contributed by atoms with van der Waals surface area (Å²) >= 11 is 1.83. The van der Waals surface area contributed by atoms with Gasteiger partial charge in [-0.25, -0.2) is 0 Å². The Labute approximate surface area is 104 Å². The van der Waals surface area contributed by atoms with Gasteiger partial charge in [-0.2, -0.15) is 4.98 Å². The lowest BCUT2D eigenvalue weighted by Crippen LogP contribution is -2.22. The van der Waals surface area contributed by atoms with Gasteiger partial charge in [0, 0.05) is 10.9 Å². The molecule has 1 aliphatic rings. The Kier molecular flexibility index (Phi) is 2.94. The molecule has 0 bridgehead atoms. The zero-order valence-electron chi connectivity index (χ0n) is 9.80. The van der Waals surface area contributed by atoms with E-state index in [1.165, 1.54) is 17.7 Å². The molecule has 1 saturated heterocycles. The van der Waals surface area contributed by atoms with Crippen LogP contribution < -0.4 is 0 Å². The largest absolute Gasteiger partial charge is 0.338 e. The third kappa shape index (κ3) is 2.25. The molecule has 4 nitrogen and oxygen atoms in total. The molecule has 1 fully saturated rings. The fourth-order valence-electron chi connectivity index (χ4n) is 2.40. The lowest BCUT2D eigenvalue weighted by atomic mass is 10.2. The van der Waals surface area contributed by atoms with Gasteiger partial charge in [-0.05, 0) is 37.8 Å². The molecule has 0 amide bonds. The first kappa shape index (κ1) is 10.9. The van der Waals surface area contributed by atoms with Crippen molar-refractivity contribution in [3.8, 4) is 0 Å². The van der Waals surface area contributed by atoms with Crippen LogP contribution in [-0.2, 0) is 6.54 Å². The van der Waals surface area contributed by atoms with Gasteiger partial charge in [0.05, 0.1) is 6.54 Å². The van der Waals surface area contributed by atoms with Gasteiger partial charge in [-0.3, -0.25) is 4.90 Å².